The van der Waals surface area contributed by atoms with Crippen LogP contribution in [0.15, 0.2) is 42.6 Å². The highest BCUT2D eigenvalue weighted by atomic mass is 16.5. The number of carbonyl (C=O) groups is 1. The smallest absolute Gasteiger partial charge is 0.219 e. The van der Waals surface area contributed by atoms with E-state index in [0.29, 0.717) is 5.92 Å². The number of para-hydroxylation sites is 1. The normalized spacial score (nSPS) is 15.3. The Kier molecular flexibility index (Phi) is 5.14. The summed E-state index contributed by atoms with van der Waals surface area (Å²) < 4.78 is 5.45. The van der Waals surface area contributed by atoms with Crippen LogP contribution < -0.4 is 4.74 Å². The molecule has 3 rings (SSSR count). The van der Waals surface area contributed by atoms with Gasteiger partial charge in [0.2, 0.25) is 5.91 Å². The number of pyridine rings is 1. The molecular formula is C20H24N2O2. The summed E-state index contributed by atoms with van der Waals surface area (Å²) >= 11 is 0. The Morgan fingerprint density at radius 2 is 2.00 bits per heavy atom. The molecule has 0 unspecified atom stereocenters. The van der Waals surface area contributed by atoms with E-state index in [0.717, 1.165) is 49.4 Å². The lowest BCUT2D eigenvalue weighted by Crippen LogP contribution is -2.37. The molecule has 0 spiro atoms. The van der Waals surface area contributed by atoms with Crippen molar-refractivity contribution in [1.29, 1.82) is 0 Å². The van der Waals surface area contributed by atoms with Gasteiger partial charge in [0, 0.05) is 31.8 Å². The predicted octanol–water partition coefficient (Wildman–Crippen LogP) is 3.56. The molecule has 1 amide bonds. The Labute approximate surface area is 143 Å². The minimum Gasteiger partial charge on any atom is -0.496 e. The Morgan fingerprint density at radius 3 is 2.71 bits per heavy atom. The van der Waals surface area contributed by atoms with E-state index in [9.17, 15) is 4.79 Å². The van der Waals surface area contributed by atoms with Gasteiger partial charge in [0.05, 0.1) is 12.8 Å². The van der Waals surface area contributed by atoms with Crippen molar-refractivity contribution >= 4 is 5.91 Å². The van der Waals surface area contributed by atoms with Gasteiger partial charge in [0.25, 0.3) is 0 Å². The quantitative estimate of drug-likeness (QED) is 0.863. The second-order valence-corrected chi connectivity index (χ2v) is 6.40. The molecule has 126 valence electrons. The van der Waals surface area contributed by atoms with E-state index in [1.165, 1.54) is 5.56 Å². The predicted molar refractivity (Wildman–Crippen MR) is 94.9 cm³/mol. The second kappa shape index (κ2) is 7.47. The van der Waals surface area contributed by atoms with Gasteiger partial charge in [0.1, 0.15) is 5.75 Å². The number of nitrogens with zero attached hydrogens (tertiary/aromatic N) is 2. The summed E-state index contributed by atoms with van der Waals surface area (Å²) in [6, 6.07) is 12.2. The zero-order valence-electron chi connectivity index (χ0n) is 14.4. The Bertz CT molecular complexity index is 706. The SMILES string of the molecule is COc1ccccc1-c1cc(CC2CCN(C(C)=O)CC2)ccn1. The summed E-state index contributed by atoms with van der Waals surface area (Å²) in [7, 11) is 1.69. The number of methoxy groups -OCH3 is 1. The van der Waals surface area contributed by atoms with E-state index in [1.807, 2.05) is 35.4 Å². The van der Waals surface area contributed by atoms with E-state index >= 15 is 0 Å². The molecule has 4 heteroatoms. The van der Waals surface area contributed by atoms with Crippen molar-refractivity contribution in [1.82, 2.24) is 9.88 Å². The zero-order valence-corrected chi connectivity index (χ0v) is 14.4. The van der Waals surface area contributed by atoms with Crippen LogP contribution in [0.2, 0.25) is 0 Å². The number of likely N-dealkylation sites (tertiary alicyclic amines) is 1. The average Bonchev–Trinajstić information content (AvgIpc) is 2.62. The van der Waals surface area contributed by atoms with Crippen LogP contribution in [0.3, 0.4) is 0 Å². The molecule has 0 aliphatic carbocycles. The Hall–Kier alpha value is -2.36. The first-order valence-corrected chi connectivity index (χ1v) is 8.51. The number of piperidine rings is 1. The first-order valence-electron chi connectivity index (χ1n) is 8.51. The van der Waals surface area contributed by atoms with E-state index < -0.39 is 0 Å². The van der Waals surface area contributed by atoms with Gasteiger partial charge in [0.15, 0.2) is 0 Å². The number of carbonyl (C=O) groups excluding carboxylic acids is 1. The van der Waals surface area contributed by atoms with Gasteiger partial charge in [-0.25, -0.2) is 0 Å². The van der Waals surface area contributed by atoms with Crippen LogP contribution in [0.25, 0.3) is 11.3 Å². The summed E-state index contributed by atoms with van der Waals surface area (Å²) in [6.07, 6.45) is 5.07. The Balaban J connectivity index is 1.71. The first-order chi connectivity index (χ1) is 11.7. The molecule has 1 saturated heterocycles. The standard InChI is InChI=1S/C20H24N2O2/c1-15(23)22-11-8-16(9-12-22)13-17-7-10-21-19(14-17)18-5-3-4-6-20(18)24-2/h3-7,10,14,16H,8-9,11-13H2,1-2H3. The molecule has 4 nitrogen and oxygen atoms in total. The topological polar surface area (TPSA) is 42.4 Å². The highest BCUT2D eigenvalue weighted by molar-refractivity contribution is 5.73. The van der Waals surface area contributed by atoms with Crippen LogP contribution in [0.4, 0.5) is 0 Å². The van der Waals surface area contributed by atoms with Crippen LogP contribution in [-0.2, 0) is 11.2 Å². The van der Waals surface area contributed by atoms with Gasteiger partial charge in [-0.3, -0.25) is 9.78 Å². The van der Waals surface area contributed by atoms with Gasteiger partial charge in [-0.15, -0.1) is 0 Å². The summed E-state index contributed by atoms with van der Waals surface area (Å²) in [6.45, 7) is 3.41. The van der Waals surface area contributed by atoms with Gasteiger partial charge in [-0.2, -0.15) is 0 Å². The van der Waals surface area contributed by atoms with Crippen molar-refractivity contribution < 1.29 is 9.53 Å². The number of aromatic nitrogens is 1. The number of benzene rings is 1. The van der Waals surface area contributed by atoms with Crippen LogP contribution in [0.1, 0.15) is 25.3 Å². The lowest BCUT2D eigenvalue weighted by Gasteiger charge is -2.31. The fourth-order valence-corrected chi connectivity index (χ4v) is 3.39. The third-order valence-corrected chi connectivity index (χ3v) is 4.79. The fourth-order valence-electron chi connectivity index (χ4n) is 3.39. The molecule has 0 saturated carbocycles. The fraction of sp³-hybridized carbons (Fsp3) is 0.400. The van der Waals surface area contributed by atoms with Crippen molar-refractivity contribution in [3.63, 3.8) is 0 Å². The monoisotopic (exact) mass is 324 g/mol. The molecule has 1 aromatic heterocycles. The third-order valence-electron chi connectivity index (χ3n) is 4.79. The molecule has 1 aliphatic rings. The van der Waals surface area contributed by atoms with Crippen LogP contribution in [-0.4, -0.2) is 36.0 Å². The van der Waals surface area contributed by atoms with Gasteiger partial charge in [-0.05, 0) is 55.0 Å². The molecule has 1 aliphatic heterocycles. The van der Waals surface area contributed by atoms with Crippen molar-refractivity contribution in [2.24, 2.45) is 5.92 Å². The molecule has 0 atom stereocenters. The van der Waals surface area contributed by atoms with E-state index in [1.54, 1.807) is 14.0 Å². The lowest BCUT2D eigenvalue weighted by molar-refractivity contribution is -0.130. The van der Waals surface area contributed by atoms with Crippen molar-refractivity contribution in [2.45, 2.75) is 26.2 Å². The molecule has 2 aromatic rings. The van der Waals surface area contributed by atoms with Gasteiger partial charge >= 0.3 is 0 Å². The molecular weight excluding hydrogens is 300 g/mol. The molecule has 0 radical (unpaired) electrons. The number of rotatable bonds is 4. The molecule has 1 aromatic carbocycles. The van der Waals surface area contributed by atoms with Crippen LogP contribution in [0.5, 0.6) is 5.75 Å². The number of hydrogen-bond acceptors (Lipinski definition) is 3. The zero-order chi connectivity index (χ0) is 16.9. The maximum atomic E-state index is 11.4. The Morgan fingerprint density at radius 1 is 1.25 bits per heavy atom. The maximum absolute atomic E-state index is 11.4. The number of hydrogen-bond donors (Lipinski definition) is 0. The third kappa shape index (κ3) is 3.75. The van der Waals surface area contributed by atoms with Crippen molar-refractivity contribution in [3.8, 4) is 17.0 Å². The van der Waals surface area contributed by atoms with Crippen molar-refractivity contribution in [3.05, 3.63) is 48.2 Å². The lowest BCUT2D eigenvalue weighted by atomic mass is 9.90. The first kappa shape index (κ1) is 16.5. The van der Waals surface area contributed by atoms with Crippen LogP contribution in [0, 0.1) is 5.92 Å². The number of amides is 1. The summed E-state index contributed by atoms with van der Waals surface area (Å²) in [5, 5.41) is 0. The van der Waals surface area contributed by atoms with Crippen molar-refractivity contribution in [2.75, 3.05) is 20.2 Å². The highest BCUT2D eigenvalue weighted by Crippen LogP contribution is 2.29. The largest absolute Gasteiger partial charge is 0.496 e. The summed E-state index contributed by atoms with van der Waals surface area (Å²) in [5.74, 6) is 1.67. The molecule has 0 N–H and O–H groups in total. The van der Waals surface area contributed by atoms with Gasteiger partial charge in [-0.1, -0.05) is 12.1 Å². The van der Waals surface area contributed by atoms with Crippen LogP contribution >= 0.6 is 0 Å². The molecule has 1 fully saturated rings. The second-order valence-electron chi connectivity index (χ2n) is 6.40. The summed E-state index contributed by atoms with van der Waals surface area (Å²) in [4.78, 5) is 17.9. The minimum absolute atomic E-state index is 0.191. The maximum Gasteiger partial charge on any atom is 0.219 e. The number of ether oxygens (including phenoxy) is 1. The van der Waals surface area contributed by atoms with E-state index in [-0.39, 0.29) is 5.91 Å². The average molecular weight is 324 g/mol. The molecule has 24 heavy (non-hydrogen) atoms. The van der Waals surface area contributed by atoms with Gasteiger partial charge < -0.3 is 9.64 Å². The summed E-state index contributed by atoms with van der Waals surface area (Å²) in [5.41, 5.74) is 3.27. The highest BCUT2D eigenvalue weighted by Gasteiger charge is 2.21. The molecule has 2 heterocycles. The van der Waals surface area contributed by atoms with E-state index in [2.05, 4.69) is 17.1 Å². The van der Waals surface area contributed by atoms with E-state index in [4.69, 9.17) is 4.74 Å². The molecule has 0 bridgehead atoms. The minimum atomic E-state index is 0.191.